The highest BCUT2D eigenvalue weighted by Gasteiger charge is 2.23. The van der Waals surface area contributed by atoms with Gasteiger partial charge in [-0.15, -0.1) is 0 Å². The normalized spacial score (nSPS) is 12.0. The minimum atomic E-state index is -0.398. The van der Waals surface area contributed by atoms with Gasteiger partial charge < -0.3 is 19.0 Å². The van der Waals surface area contributed by atoms with Crippen molar-refractivity contribution in [3.8, 4) is 5.75 Å². The molecule has 2 aromatic heterocycles. The van der Waals surface area contributed by atoms with Gasteiger partial charge in [-0.3, -0.25) is 9.59 Å². The van der Waals surface area contributed by atoms with E-state index in [0.29, 0.717) is 16.9 Å². The summed E-state index contributed by atoms with van der Waals surface area (Å²) in [5.74, 6) is 0.316. The average Bonchev–Trinajstić information content (AvgIpc) is 3.12. The maximum absolute atomic E-state index is 13.5. The van der Waals surface area contributed by atoms with E-state index >= 15 is 0 Å². The number of carbonyl (C=O) groups excluding carboxylic acids is 1. The molecule has 0 aliphatic rings. The van der Waals surface area contributed by atoms with Gasteiger partial charge in [-0.05, 0) is 55.3 Å². The second-order valence-electron chi connectivity index (χ2n) is 7.62. The van der Waals surface area contributed by atoms with Gasteiger partial charge in [0.2, 0.25) is 0 Å². The zero-order valence-corrected chi connectivity index (χ0v) is 18.0. The van der Waals surface area contributed by atoms with Crippen molar-refractivity contribution in [1.82, 2.24) is 9.88 Å². The number of methoxy groups -OCH3 is 1. The number of benzene rings is 2. The number of amides is 1. The minimum absolute atomic E-state index is 0.181. The number of nitrogens with one attached hydrogen (secondary N) is 1. The Kier molecular flexibility index (Phi) is 5.81. The second-order valence-corrected chi connectivity index (χ2v) is 7.62. The molecule has 32 heavy (non-hydrogen) atoms. The van der Waals surface area contributed by atoms with Crippen LogP contribution < -0.4 is 15.6 Å². The summed E-state index contributed by atoms with van der Waals surface area (Å²) in [5, 5.41) is 3.14. The highest BCUT2D eigenvalue weighted by molar-refractivity contribution is 6.07. The number of furan rings is 1. The number of aromatic nitrogens is 1. The molecular formula is C25H23FN2O4. The lowest BCUT2D eigenvalue weighted by Crippen LogP contribution is -2.29. The minimum Gasteiger partial charge on any atom is -0.497 e. The van der Waals surface area contributed by atoms with Crippen molar-refractivity contribution < 1.29 is 18.3 Å². The van der Waals surface area contributed by atoms with E-state index < -0.39 is 5.91 Å². The molecule has 7 heteroatoms. The predicted octanol–water partition coefficient (Wildman–Crippen LogP) is 4.59. The number of hydrogen-bond donors (Lipinski definition) is 1. The summed E-state index contributed by atoms with van der Waals surface area (Å²) in [7, 11) is 1.59. The monoisotopic (exact) mass is 434 g/mol. The third-order valence-electron chi connectivity index (χ3n) is 5.42. The topological polar surface area (TPSA) is 73.5 Å². The Morgan fingerprint density at radius 3 is 2.62 bits per heavy atom. The first-order chi connectivity index (χ1) is 15.4. The first-order valence-electron chi connectivity index (χ1n) is 10.2. The molecule has 2 heterocycles. The van der Waals surface area contributed by atoms with Crippen LogP contribution in [0.4, 0.5) is 4.39 Å². The SMILES string of the molecule is COc1ccc([C@H](C)NC(=O)c2c(C)oc3ccn(Cc4cccc(F)c4)c(=O)c23)cc1. The van der Waals surface area contributed by atoms with Gasteiger partial charge in [0.25, 0.3) is 11.5 Å². The zero-order valence-electron chi connectivity index (χ0n) is 18.0. The van der Waals surface area contributed by atoms with Crippen LogP contribution in [0.3, 0.4) is 0 Å². The lowest BCUT2D eigenvalue weighted by atomic mass is 10.1. The molecule has 6 nitrogen and oxygen atoms in total. The van der Waals surface area contributed by atoms with Gasteiger partial charge >= 0.3 is 0 Å². The van der Waals surface area contributed by atoms with Gasteiger partial charge in [-0.2, -0.15) is 0 Å². The Balaban J connectivity index is 1.66. The largest absolute Gasteiger partial charge is 0.497 e. The molecular weight excluding hydrogens is 411 g/mol. The second kappa shape index (κ2) is 8.70. The average molecular weight is 434 g/mol. The van der Waals surface area contributed by atoms with Crippen molar-refractivity contribution in [2.45, 2.75) is 26.4 Å². The van der Waals surface area contributed by atoms with Crippen molar-refractivity contribution in [2.75, 3.05) is 7.11 Å². The predicted molar refractivity (Wildman–Crippen MR) is 120 cm³/mol. The molecule has 4 rings (SSSR count). The highest BCUT2D eigenvalue weighted by atomic mass is 19.1. The quantitative estimate of drug-likeness (QED) is 0.482. The number of carbonyl (C=O) groups is 1. The molecule has 2 aromatic carbocycles. The van der Waals surface area contributed by atoms with Crippen LogP contribution in [0.25, 0.3) is 11.0 Å². The molecule has 4 aromatic rings. The highest BCUT2D eigenvalue weighted by Crippen LogP contribution is 2.24. The summed E-state index contributed by atoms with van der Waals surface area (Å²) in [6.07, 6.45) is 1.58. The van der Waals surface area contributed by atoms with Gasteiger partial charge in [0.05, 0.1) is 30.6 Å². The van der Waals surface area contributed by atoms with E-state index in [-0.39, 0.29) is 34.9 Å². The molecule has 1 N–H and O–H groups in total. The Hall–Kier alpha value is -3.87. The molecule has 0 saturated carbocycles. The molecule has 0 spiro atoms. The van der Waals surface area contributed by atoms with E-state index in [1.165, 1.54) is 16.7 Å². The van der Waals surface area contributed by atoms with Crippen LogP contribution in [0.2, 0.25) is 0 Å². The standard InChI is InChI=1S/C25H23FN2O4/c1-15(18-7-9-20(31-3)10-8-18)27-24(29)22-16(2)32-21-11-12-28(25(30)23(21)22)14-17-5-4-6-19(26)13-17/h4-13,15H,14H2,1-3H3,(H,27,29)/t15-/m0/s1. The van der Waals surface area contributed by atoms with Crippen LogP contribution in [-0.4, -0.2) is 17.6 Å². The summed E-state index contributed by atoms with van der Waals surface area (Å²) < 4.78 is 25.8. The van der Waals surface area contributed by atoms with Gasteiger partial charge in [0, 0.05) is 6.20 Å². The molecule has 0 aliphatic heterocycles. The number of fused-ring (bicyclic) bond motifs is 1. The van der Waals surface area contributed by atoms with Gasteiger partial charge in [-0.25, -0.2) is 4.39 Å². The number of halogens is 1. The van der Waals surface area contributed by atoms with Crippen LogP contribution in [0.1, 0.15) is 40.2 Å². The van der Waals surface area contributed by atoms with Crippen molar-refractivity contribution in [3.05, 3.63) is 99.4 Å². The van der Waals surface area contributed by atoms with Crippen molar-refractivity contribution in [2.24, 2.45) is 0 Å². The van der Waals surface area contributed by atoms with Crippen LogP contribution in [0.15, 0.2) is 70.0 Å². The first kappa shape index (κ1) is 21.4. The Labute approximate surface area is 184 Å². The first-order valence-corrected chi connectivity index (χ1v) is 10.2. The van der Waals surface area contributed by atoms with Crippen molar-refractivity contribution in [3.63, 3.8) is 0 Å². The number of aryl methyl sites for hydroxylation is 1. The molecule has 0 unspecified atom stereocenters. The van der Waals surface area contributed by atoms with E-state index in [9.17, 15) is 14.0 Å². The van der Waals surface area contributed by atoms with E-state index in [1.807, 2.05) is 31.2 Å². The Bertz CT molecular complexity index is 1340. The molecule has 0 fully saturated rings. The smallest absolute Gasteiger partial charge is 0.262 e. The van der Waals surface area contributed by atoms with Crippen LogP contribution in [0.5, 0.6) is 5.75 Å². The molecule has 0 bridgehead atoms. The number of pyridine rings is 1. The van der Waals surface area contributed by atoms with Gasteiger partial charge in [0.15, 0.2) is 0 Å². The van der Waals surface area contributed by atoms with E-state index in [2.05, 4.69) is 5.32 Å². The fourth-order valence-corrected chi connectivity index (χ4v) is 3.74. The maximum atomic E-state index is 13.5. The van der Waals surface area contributed by atoms with Crippen LogP contribution >= 0.6 is 0 Å². The Morgan fingerprint density at radius 1 is 1.19 bits per heavy atom. The molecule has 164 valence electrons. The lowest BCUT2D eigenvalue weighted by Gasteiger charge is -2.15. The fraction of sp³-hybridized carbons (Fsp3) is 0.200. The third-order valence-corrected chi connectivity index (χ3v) is 5.42. The molecule has 1 amide bonds. The summed E-state index contributed by atoms with van der Waals surface area (Å²) in [6.45, 7) is 3.70. The van der Waals surface area contributed by atoms with Gasteiger partial charge in [-0.1, -0.05) is 24.3 Å². The number of nitrogens with zero attached hydrogens (tertiary/aromatic N) is 1. The number of ether oxygens (including phenoxy) is 1. The Morgan fingerprint density at radius 2 is 1.94 bits per heavy atom. The lowest BCUT2D eigenvalue weighted by molar-refractivity contribution is 0.0939. The molecule has 1 atom stereocenters. The summed E-state index contributed by atoms with van der Waals surface area (Å²) in [4.78, 5) is 26.3. The molecule has 0 radical (unpaired) electrons. The third kappa shape index (κ3) is 4.14. The van der Waals surface area contributed by atoms with E-state index in [1.54, 1.807) is 38.4 Å². The summed E-state index contributed by atoms with van der Waals surface area (Å²) in [6, 6.07) is 14.8. The van der Waals surface area contributed by atoms with Crippen molar-refractivity contribution in [1.29, 1.82) is 0 Å². The van der Waals surface area contributed by atoms with E-state index in [4.69, 9.17) is 9.15 Å². The molecule has 0 saturated heterocycles. The van der Waals surface area contributed by atoms with Crippen molar-refractivity contribution >= 4 is 16.9 Å². The summed E-state index contributed by atoms with van der Waals surface area (Å²) in [5.41, 5.74) is 1.72. The van der Waals surface area contributed by atoms with Gasteiger partial charge in [0.1, 0.15) is 22.9 Å². The fourth-order valence-electron chi connectivity index (χ4n) is 3.74. The van der Waals surface area contributed by atoms with Crippen LogP contribution in [-0.2, 0) is 6.54 Å². The van der Waals surface area contributed by atoms with E-state index in [0.717, 1.165) is 11.3 Å². The number of hydrogen-bond acceptors (Lipinski definition) is 4. The maximum Gasteiger partial charge on any atom is 0.262 e. The van der Waals surface area contributed by atoms with Crippen LogP contribution in [0, 0.1) is 12.7 Å². The zero-order chi connectivity index (χ0) is 22.8. The summed E-state index contributed by atoms with van der Waals surface area (Å²) >= 11 is 0. The molecule has 0 aliphatic carbocycles. The number of rotatable bonds is 6.